The number of halogens is 1. The largest absolute Gasteiger partial charge is 1.00 e. The molecule has 7 heteroatoms. The highest BCUT2D eigenvalue weighted by Gasteiger charge is 2.10. The van der Waals surface area contributed by atoms with Crippen LogP contribution in [0, 0.1) is 0 Å². The van der Waals surface area contributed by atoms with Crippen LogP contribution in [0.4, 0.5) is 0 Å². The van der Waals surface area contributed by atoms with Gasteiger partial charge in [0.25, 0.3) is 0 Å². The lowest BCUT2D eigenvalue weighted by Gasteiger charge is -2.10. The topological polar surface area (TPSA) is 47.8 Å². The van der Waals surface area contributed by atoms with Crippen molar-refractivity contribution in [2.75, 3.05) is 20.8 Å². The normalized spacial score (nSPS) is 10.9. The standard InChI is InChI=1S/C20H21N3O2S.ClH/c1-24-18-8-7-14(11-19(18)25-2)9-10-21-12-15-13-26-20-22-16-5-3-4-6-17(16)23(15)20;/h3-8,11,13,21H,9-10,12H2,1-2H3;1H/p-1. The van der Waals surface area contributed by atoms with Crippen molar-refractivity contribution in [1.82, 2.24) is 14.7 Å². The van der Waals surface area contributed by atoms with Crippen LogP contribution in [0.1, 0.15) is 11.3 Å². The van der Waals surface area contributed by atoms with E-state index in [1.807, 2.05) is 18.2 Å². The summed E-state index contributed by atoms with van der Waals surface area (Å²) in [5, 5.41) is 5.71. The van der Waals surface area contributed by atoms with Gasteiger partial charge < -0.3 is 27.2 Å². The maximum absolute atomic E-state index is 5.37. The van der Waals surface area contributed by atoms with Gasteiger partial charge in [-0.25, -0.2) is 4.98 Å². The van der Waals surface area contributed by atoms with E-state index in [4.69, 9.17) is 9.47 Å². The summed E-state index contributed by atoms with van der Waals surface area (Å²) in [7, 11) is 3.32. The van der Waals surface area contributed by atoms with Gasteiger partial charge in [0.2, 0.25) is 0 Å². The molecule has 0 saturated heterocycles. The average Bonchev–Trinajstić information content (AvgIpc) is 3.24. The second-order valence-electron chi connectivity index (χ2n) is 6.06. The number of nitrogens with zero attached hydrogens (tertiary/aromatic N) is 2. The predicted octanol–water partition coefficient (Wildman–Crippen LogP) is 0.902. The third-order valence-corrected chi connectivity index (χ3v) is 5.34. The van der Waals surface area contributed by atoms with Crippen LogP contribution >= 0.6 is 11.3 Å². The smallest absolute Gasteiger partial charge is 0.194 e. The van der Waals surface area contributed by atoms with Crippen molar-refractivity contribution in [3.8, 4) is 11.5 Å². The fourth-order valence-corrected chi connectivity index (χ4v) is 4.04. The zero-order valence-electron chi connectivity index (χ0n) is 15.2. The van der Waals surface area contributed by atoms with Gasteiger partial charge in [-0.1, -0.05) is 18.2 Å². The fraction of sp³-hybridized carbons (Fsp3) is 0.250. The van der Waals surface area contributed by atoms with Crippen LogP contribution in [0.25, 0.3) is 16.0 Å². The Morgan fingerprint density at radius 3 is 2.70 bits per heavy atom. The summed E-state index contributed by atoms with van der Waals surface area (Å²) in [6.45, 7) is 1.70. The first-order valence-electron chi connectivity index (χ1n) is 8.55. The van der Waals surface area contributed by atoms with Crippen LogP contribution in [0.15, 0.2) is 47.8 Å². The number of aromatic nitrogens is 2. The van der Waals surface area contributed by atoms with Crippen molar-refractivity contribution in [3.05, 3.63) is 59.1 Å². The molecule has 0 saturated carbocycles. The summed E-state index contributed by atoms with van der Waals surface area (Å²) >= 11 is 1.68. The number of ether oxygens (including phenoxy) is 2. The van der Waals surface area contributed by atoms with Crippen LogP contribution in [-0.4, -0.2) is 30.1 Å². The Balaban J connectivity index is 0.00000210. The van der Waals surface area contributed by atoms with Gasteiger partial charge in [0.1, 0.15) is 0 Å². The lowest BCUT2D eigenvalue weighted by Crippen LogP contribution is -3.00. The van der Waals surface area contributed by atoms with E-state index in [-0.39, 0.29) is 12.4 Å². The summed E-state index contributed by atoms with van der Waals surface area (Å²) in [6, 6.07) is 14.3. The highest BCUT2D eigenvalue weighted by molar-refractivity contribution is 7.15. The minimum absolute atomic E-state index is 0. The van der Waals surface area contributed by atoms with Gasteiger partial charge >= 0.3 is 0 Å². The summed E-state index contributed by atoms with van der Waals surface area (Å²) < 4.78 is 12.9. The highest BCUT2D eigenvalue weighted by Crippen LogP contribution is 2.27. The fourth-order valence-electron chi connectivity index (χ4n) is 3.14. The molecule has 2 aromatic heterocycles. The average molecular weight is 403 g/mol. The van der Waals surface area contributed by atoms with Crippen LogP contribution in [-0.2, 0) is 13.0 Å². The Bertz CT molecular complexity index is 1040. The number of hydrogen-bond donors (Lipinski definition) is 1. The Kier molecular flexibility index (Phi) is 6.21. The number of fused-ring (bicyclic) bond motifs is 3. The molecular weight excluding hydrogens is 382 g/mol. The molecule has 1 N–H and O–H groups in total. The number of rotatable bonds is 7. The van der Waals surface area contributed by atoms with Crippen molar-refractivity contribution in [2.45, 2.75) is 13.0 Å². The van der Waals surface area contributed by atoms with Crippen LogP contribution in [0.2, 0.25) is 0 Å². The van der Waals surface area contributed by atoms with Gasteiger partial charge in [-0.3, -0.25) is 4.40 Å². The number of nitrogens with one attached hydrogen (secondary N) is 1. The first-order valence-corrected chi connectivity index (χ1v) is 9.43. The molecule has 0 aliphatic heterocycles. The Morgan fingerprint density at radius 1 is 1.07 bits per heavy atom. The molecule has 5 nitrogen and oxygen atoms in total. The zero-order chi connectivity index (χ0) is 17.9. The molecule has 27 heavy (non-hydrogen) atoms. The van der Waals surface area contributed by atoms with E-state index >= 15 is 0 Å². The monoisotopic (exact) mass is 402 g/mol. The van der Waals surface area contributed by atoms with Crippen molar-refractivity contribution in [2.24, 2.45) is 0 Å². The summed E-state index contributed by atoms with van der Waals surface area (Å²) in [6.07, 6.45) is 0.929. The van der Waals surface area contributed by atoms with Crippen molar-refractivity contribution < 1.29 is 21.9 Å². The second kappa shape index (κ2) is 8.61. The van der Waals surface area contributed by atoms with Crippen molar-refractivity contribution in [3.63, 3.8) is 0 Å². The summed E-state index contributed by atoms with van der Waals surface area (Å²) in [5.41, 5.74) is 4.68. The molecule has 0 fully saturated rings. The van der Waals surface area contributed by atoms with E-state index in [1.54, 1.807) is 25.6 Å². The summed E-state index contributed by atoms with van der Waals surface area (Å²) in [5.74, 6) is 1.53. The zero-order valence-corrected chi connectivity index (χ0v) is 16.8. The SMILES string of the molecule is COc1ccc(CCNCc2csc3nc4ccccc4n23)cc1OC.[Cl-]. The van der Waals surface area contributed by atoms with Crippen LogP contribution in [0.5, 0.6) is 11.5 Å². The molecule has 0 amide bonds. The van der Waals surface area contributed by atoms with Gasteiger partial charge in [-0.2, -0.15) is 0 Å². The number of benzene rings is 2. The molecule has 4 rings (SSSR count). The van der Waals surface area contributed by atoms with Crippen molar-refractivity contribution in [1.29, 1.82) is 0 Å². The first kappa shape index (κ1) is 19.5. The molecule has 0 aliphatic rings. The maximum atomic E-state index is 5.37. The molecule has 0 bridgehead atoms. The lowest BCUT2D eigenvalue weighted by molar-refractivity contribution is -0.00000581. The third kappa shape index (κ3) is 3.88. The molecule has 0 aliphatic carbocycles. The lowest BCUT2D eigenvalue weighted by atomic mass is 10.1. The molecule has 142 valence electrons. The van der Waals surface area contributed by atoms with Gasteiger partial charge in [0, 0.05) is 17.6 Å². The van der Waals surface area contributed by atoms with E-state index in [0.717, 1.165) is 41.5 Å². The Hall–Kier alpha value is -2.28. The summed E-state index contributed by atoms with van der Waals surface area (Å²) in [4.78, 5) is 5.72. The van der Waals surface area contributed by atoms with Gasteiger partial charge in [0.05, 0.1) is 25.3 Å². The van der Waals surface area contributed by atoms with E-state index in [1.165, 1.54) is 16.8 Å². The number of thiazole rings is 1. The van der Waals surface area contributed by atoms with Gasteiger partial charge in [0.15, 0.2) is 16.5 Å². The molecule has 4 aromatic rings. The minimum atomic E-state index is 0. The maximum Gasteiger partial charge on any atom is 0.194 e. The number of hydrogen-bond acceptors (Lipinski definition) is 5. The molecular formula is C20H21ClN3O2S-. The number of imidazole rings is 1. The van der Waals surface area contributed by atoms with Gasteiger partial charge in [-0.15, -0.1) is 11.3 Å². The predicted molar refractivity (Wildman–Crippen MR) is 106 cm³/mol. The first-order chi connectivity index (χ1) is 12.8. The highest BCUT2D eigenvalue weighted by atomic mass is 35.5. The number of para-hydroxylation sites is 2. The van der Waals surface area contributed by atoms with E-state index in [2.05, 4.69) is 44.3 Å². The second-order valence-corrected chi connectivity index (χ2v) is 6.90. The van der Waals surface area contributed by atoms with Crippen LogP contribution in [0.3, 0.4) is 0 Å². The number of methoxy groups -OCH3 is 2. The molecule has 0 radical (unpaired) electrons. The third-order valence-electron chi connectivity index (χ3n) is 4.46. The molecule has 0 atom stereocenters. The quantitative estimate of drug-likeness (QED) is 0.467. The van der Waals surface area contributed by atoms with Gasteiger partial charge in [-0.05, 0) is 42.8 Å². The molecule has 2 heterocycles. The Labute approximate surface area is 168 Å². The Morgan fingerprint density at radius 2 is 1.89 bits per heavy atom. The molecule has 0 unspecified atom stereocenters. The van der Waals surface area contributed by atoms with Crippen molar-refractivity contribution >= 4 is 27.3 Å². The van der Waals surface area contributed by atoms with E-state index < -0.39 is 0 Å². The molecule has 0 spiro atoms. The van der Waals surface area contributed by atoms with E-state index in [0.29, 0.717) is 0 Å². The van der Waals surface area contributed by atoms with E-state index in [9.17, 15) is 0 Å². The minimum Gasteiger partial charge on any atom is -1.00 e. The molecule has 2 aromatic carbocycles. The van der Waals surface area contributed by atoms with Crippen LogP contribution < -0.4 is 27.2 Å².